The highest BCUT2D eigenvalue weighted by molar-refractivity contribution is 5.89. The maximum absolute atomic E-state index is 9.55. The Kier molecular flexibility index (Phi) is 12.5. The minimum Gasteiger partial charge on any atom is -0.478 e. The summed E-state index contributed by atoms with van der Waals surface area (Å²) in [4.78, 5) is 33.6. The van der Waals surface area contributed by atoms with E-state index in [0.29, 0.717) is 12.2 Å². The highest BCUT2D eigenvalue weighted by Gasteiger charge is 2.20. The number of ether oxygens (including phenoxy) is 1. The number of aromatic nitrogens is 2. The van der Waals surface area contributed by atoms with Gasteiger partial charge in [-0.2, -0.15) is 4.98 Å². The number of piperazine rings is 1. The van der Waals surface area contributed by atoms with E-state index in [0.717, 1.165) is 61.9 Å². The first-order chi connectivity index (χ1) is 16.9. The molecule has 1 aromatic heterocycles. The fraction of sp³-hybridized carbons (Fsp3) is 0.538. The molecule has 0 spiro atoms. The summed E-state index contributed by atoms with van der Waals surface area (Å²) in [6, 6.07) is 8.17. The fourth-order valence-electron chi connectivity index (χ4n) is 3.71. The molecular formula is C26H38N4O5. The van der Waals surface area contributed by atoms with Crippen molar-refractivity contribution in [1.29, 1.82) is 0 Å². The molecular weight excluding hydrogens is 448 g/mol. The van der Waals surface area contributed by atoms with Gasteiger partial charge in [0.05, 0.1) is 17.5 Å². The molecule has 2 N–H and O–H groups in total. The van der Waals surface area contributed by atoms with Crippen LogP contribution in [0.5, 0.6) is 5.88 Å². The minimum absolute atomic E-state index is 0.558. The number of benzene rings is 1. The lowest BCUT2D eigenvalue weighted by Gasteiger charge is -2.34. The number of nitrogens with zero attached hydrogens (tertiary/aromatic N) is 4. The summed E-state index contributed by atoms with van der Waals surface area (Å²) in [6.07, 6.45) is 8.49. The number of rotatable bonds is 12. The Bertz CT molecular complexity index is 942. The second-order valence-corrected chi connectivity index (χ2v) is 8.45. The van der Waals surface area contributed by atoms with E-state index in [1.54, 1.807) is 0 Å². The third-order valence-corrected chi connectivity index (χ3v) is 5.64. The molecule has 9 heteroatoms. The third kappa shape index (κ3) is 10.3. The number of carbonyl (C=O) groups is 2. The second kappa shape index (κ2) is 15.7. The van der Waals surface area contributed by atoms with Gasteiger partial charge in [0.25, 0.3) is 0 Å². The predicted octanol–water partition coefficient (Wildman–Crippen LogP) is 4.22. The number of hydrogen-bond donors (Lipinski definition) is 2. The van der Waals surface area contributed by atoms with Crippen molar-refractivity contribution in [2.75, 3.05) is 44.2 Å². The Labute approximate surface area is 207 Å². The maximum Gasteiger partial charge on any atom is 0.328 e. The molecule has 0 bridgehead atoms. The molecule has 2 heterocycles. The van der Waals surface area contributed by atoms with Gasteiger partial charge in [-0.25, -0.2) is 14.6 Å². The molecule has 0 unspecified atom stereocenters. The average molecular weight is 487 g/mol. The maximum atomic E-state index is 9.55. The molecule has 1 aromatic carbocycles. The molecule has 3 rings (SSSR count). The lowest BCUT2D eigenvalue weighted by Crippen LogP contribution is -2.47. The van der Waals surface area contributed by atoms with Crippen LogP contribution in [0, 0.1) is 0 Å². The Morgan fingerprint density at radius 2 is 1.54 bits per heavy atom. The molecule has 1 saturated heterocycles. The van der Waals surface area contributed by atoms with Gasteiger partial charge in [0.1, 0.15) is 0 Å². The Hall–Kier alpha value is -3.20. The first-order valence-electron chi connectivity index (χ1n) is 12.4. The lowest BCUT2D eigenvalue weighted by atomic mass is 10.2. The van der Waals surface area contributed by atoms with E-state index in [4.69, 9.17) is 24.9 Å². The molecule has 0 atom stereocenters. The molecule has 0 saturated carbocycles. The Balaban J connectivity index is 0.000000466. The first kappa shape index (κ1) is 28.0. The summed E-state index contributed by atoms with van der Waals surface area (Å²) in [5.74, 6) is -0.968. The number of anilines is 1. The minimum atomic E-state index is -1.26. The van der Waals surface area contributed by atoms with Crippen molar-refractivity contribution in [3.05, 3.63) is 36.4 Å². The fourth-order valence-corrected chi connectivity index (χ4v) is 3.71. The van der Waals surface area contributed by atoms with Crippen molar-refractivity contribution in [3.8, 4) is 5.88 Å². The van der Waals surface area contributed by atoms with Gasteiger partial charge in [0.2, 0.25) is 11.8 Å². The van der Waals surface area contributed by atoms with Gasteiger partial charge in [-0.3, -0.25) is 4.90 Å². The standard InChI is InChI=1S/C22H34N4O.C4H4O4/c1-3-5-9-13-25-14-16-26(17-15-25)22-23-20-12-8-7-11-19(20)21(24-22)27-18-10-6-4-2;5-3(6)1-2-4(7)8/h7-8,11-12H,3-6,9-10,13-18H2,1-2H3;1-2H,(H,5,6)(H,7,8)/b;2-1+. The Morgan fingerprint density at radius 3 is 2.17 bits per heavy atom. The van der Waals surface area contributed by atoms with Gasteiger partial charge < -0.3 is 19.8 Å². The van der Waals surface area contributed by atoms with E-state index < -0.39 is 11.9 Å². The molecule has 1 aliphatic heterocycles. The summed E-state index contributed by atoms with van der Waals surface area (Å²) in [5, 5.41) is 16.6. The van der Waals surface area contributed by atoms with Crippen LogP contribution in [0.4, 0.5) is 5.95 Å². The molecule has 0 radical (unpaired) electrons. The monoisotopic (exact) mass is 486 g/mol. The number of para-hydroxylation sites is 1. The SMILES string of the molecule is CCCCCOc1nc(N2CCN(CCCCC)CC2)nc2ccccc12.O=C(O)/C=C/C(=O)O. The van der Waals surface area contributed by atoms with Gasteiger partial charge in [-0.05, 0) is 31.5 Å². The summed E-state index contributed by atoms with van der Waals surface area (Å²) >= 11 is 0. The van der Waals surface area contributed by atoms with Crippen LogP contribution in [0.2, 0.25) is 0 Å². The van der Waals surface area contributed by atoms with Crippen LogP contribution < -0.4 is 9.64 Å². The average Bonchev–Trinajstić information content (AvgIpc) is 2.86. The zero-order valence-corrected chi connectivity index (χ0v) is 20.9. The number of aliphatic carboxylic acids is 2. The first-order valence-corrected chi connectivity index (χ1v) is 12.4. The number of unbranched alkanes of at least 4 members (excludes halogenated alkanes) is 4. The van der Waals surface area contributed by atoms with E-state index in [1.807, 2.05) is 12.1 Å². The second-order valence-electron chi connectivity index (χ2n) is 8.45. The van der Waals surface area contributed by atoms with Crippen molar-refractivity contribution < 1.29 is 24.5 Å². The van der Waals surface area contributed by atoms with E-state index in [1.165, 1.54) is 38.6 Å². The molecule has 0 aliphatic carbocycles. The normalized spacial score (nSPS) is 14.1. The van der Waals surface area contributed by atoms with E-state index >= 15 is 0 Å². The highest BCUT2D eigenvalue weighted by atomic mass is 16.5. The molecule has 1 aliphatic rings. The number of hydrogen-bond acceptors (Lipinski definition) is 7. The van der Waals surface area contributed by atoms with Crippen LogP contribution in [-0.4, -0.2) is 76.4 Å². The number of carboxylic acids is 2. The smallest absolute Gasteiger partial charge is 0.328 e. The van der Waals surface area contributed by atoms with Crippen LogP contribution in [0.25, 0.3) is 10.9 Å². The van der Waals surface area contributed by atoms with Crippen molar-refractivity contribution >= 4 is 28.8 Å². The number of carboxylic acid groups (broad SMARTS) is 2. The van der Waals surface area contributed by atoms with Crippen LogP contribution >= 0.6 is 0 Å². The van der Waals surface area contributed by atoms with Crippen LogP contribution in [0.1, 0.15) is 52.4 Å². The van der Waals surface area contributed by atoms with E-state index in [2.05, 4.69) is 35.8 Å². The predicted molar refractivity (Wildman–Crippen MR) is 137 cm³/mol. The van der Waals surface area contributed by atoms with Crippen molar-refractivity contribution in [3.63, 3.8) is 0 Å². The van der Waals surface area contributed by atoms with E-state index in [9.17, 15) is 9.59 Å². The van der Waals surface area contributed by atoms with Crippen molar-refractivity contribution in [2.45, 2.75) is 52.4 Å². The van der Waals surface area contributed by atoms with Crippen molar-refractivity contribution in [1.82, 2.24) is 14.9 Å². The number of fused-ring (bicyclic) bond motifs is 1. The van der Waals surface area contributed by atoms with Gasteiger partial charge in [0.15, 0.2) is 0 Å². The molecule has 192 valence electrons. The van der Waals surface area contributed by atoms with Crippen molar-refractivity contribution in [2.24, 2.45) is 0 Å². The third-order valence-electron chi connectivity index (χ3n) is 5.64. The van der Waals surface area contributed by atoms with Crippen LogP contribution in [-0.2, 0) is 9.59 Å². The largest absolute Gasteiger partial charge is 0.478 e. The summed E-state index contributed by atoms with van der Waals surface area (Å²) in [5.41, 5.74) is 0.971. The zero-order valence-electron chi connectivity index (χ0n) is 20.9. The highest BCUT2D eigenvalue weighted by Crippen LogP contribution is 2.26. The van der Waals surface area contributed by atoms with Gasteiger partial charge in [-0.1, -0.05) is 51.7 Å². The molecule has 1 fully saturated rings. The molecule has 2 aromatic rings. The molecule has 9 nitrogen and oxygen atoms in total. The lowest BCUT2D eigenvalue weighted by molar-refractivity contribution is -0.134. The van der Waals surface area contributed by atoms with Crippen LogP contribution in [0.3, 0.4) is 0 Å². The summed E-state index contributed by atoms with van der Waals surface area (Å²) in [7, 11) is 0. The van der Waals surface area contributed by atoms with Gasteiger partial charge in [0, 0.05) is 38.3 Å². The topological polar surface area (TPSA) is 116 Å². The van der Waals surface area contributed by atoms with Gasteiger partial charge >= 0.3 is 11.9 Å². The van der Waals surface area contributed by atoms with Gasteiger partial charge in [-0.15, -0.1) is 0 Å². The zero-order chi connectivity index (χ0) is 25.5. The quantitative estimate of drug-likeness (QED) is 0.336. The molecule has 0 amide bonds. The molecule has 35 heavy (non-hydrogen) atoms. The Morgan fingerprint density at radius 1 is 0.914 bits per heavy atom. The summed E-state index contributed by atoms with van der Waals surface area (Å²) in [6.45, 7) is 10.6. The van der Waals surface area contributed by atoms with Crippen LogP contribution in [0.15, 0.2) is 36.4 Å². The van der Waals surface area contributed by atoms with E-state index in [-0.39, 0.29) is 0 Å². The summed E-state index contributed by atoms with van der Waals surface area (Å²) < 4.78 is 6.05.